The van der Waals surface area contributed by atoms with Crippen LogP contribution >= 0.6 is 15.9 Å². The Morgan fingerprint density at radius 3 is 2.20 bits per heavy atom. The van der Waals surface area contributed by atoms with E-state index in [0.29, 0.717) is 21.9 Å². The van der Waals surface area contributed by atoms with Gasteiger partial charge in [-0.3, -0.25) is 4.79 Å². The van der Waals surface area contributed by atoms with Crippen LogP contribution < -0.4 is 0 Å². The molecular weight excluding hydrogens is 319 g/mol. The van der Waals surface area contributed by atoms with Gasteiger partial charge in [0.05, 0.1) is 4.47 Å². The summed E-state index contributed by atoms with van der Waals surface area (Å²) in [6, 6.07) is 4.70. The third kappa shape index (κ3) is 1.97. The normalized spacial score (nSPS) is 38.2. The summed E-state index contributed by atoms with van der Waals surface area (Å²) in [5.74, 6) is 3.07. The minimum Gasteiger partial charge on any atom is -0.294 e. The first-order valence-electron chi connectivity index (χ1n) is 7.61. The molecule has 0 atom stereocenters. The molecule has 0 N–H and O–H groups in total. The Hall–Kier alpha value is -0.700. The average Bonchev–Trinajstić information content (AvgIpc) is 2.40. The van der Waals surface area contributed by atoms with E-state index in [4.69, 9.17) is 0 Å². The van der Waals surface area contributed by atoms with Crippen LogP contribution in [0.25, 0.3) is 0 Å². The molecule has 0 aliphatic heterocycles. The molecule has 0 spiro atoms. The van der Waals surface area contributed by atoms with Gasteiger partial charge in [-0.2, -0.15) is 0 Å². The zero-order valence-corrected chi connectivity index (χ0v) is 12.9. The smallest absolute Gasteiger partial charge is 0.166 e. The number of benzene rings is 1. The van der Waals surface area contributed by atoms with Crippen molar-refractivity contribution in [3.63, 3.8) is 0 Å². The number of hydrogen-bond donors (Lipinski definition) is 0. The van der Waals surface area contributed by atoms with Crippen molar-refractivity contribution in [2.45, 2.75) is 32.1 Å². The molecule has 106 valence electrons. The maximum atomic E-state index is 13.3. The molecule has 0 unspecified atom stereocenters. The van der Waals surface area contributed by atoms with Gasteiger partial charge < -0.3 is 0 Å². The number of hydrogen-bond acceptors (Lipinski definition) is 1. The van der Waals surface area contributed by atoms with E-state index >= 15 is 0 Å². The van der Waals surface area contributed by atoms with Gasteiger partial charge in [-0.05, 0) is 89.9 Å². The lowest BCUT2D eigenvalue weighted by Crippen LogP contribution is -2.48. The highest BCUT2D eigenvalue weighted by Crippen LogP contribution is 2.57. The van der Waals surface area contributed by atoms with Crippen molar-refractivity contribution < 1.29 is 9.18 Å². The molecule has 1 nitrogen and oxygen atoms in total. The monoisotopic (exact) mass is 336 g/mol. The molecule has 3 heteroatoms. The number of carbonyl (C=O) groups excluding carboxylic acids is 1. The van der Waals surface area contributed by atoms with Crippen molar-refractivity contribution in [2.24, 2.45) is 29.6 Å². The Bertz CT molecular complexity index is 540. The molecule has 0 amide bonds. The van der Waals surface area contributed by atoms with Gasteiger partial charge in [0.25, 0.3) is 0 Å². The number of ketones is 1. The zero-order valence-electron chi connectivity index (χ0n) is 11.3. The molecule has 4 saturated carbocycles. The number of halogens is 2. The van der Waals surface area contributed by atoms with E-state index in [1.807, 2.05) is 0 Å². The van der Waals surface area contributed by atoms with Gasteiger partial charge in [0.1, 0.15) is 5.82 Å². The Kier molecular flexibility index (Phi) is 3.03. The third-order valence-corrected chi connectivity index (χ3v) is 6.34. The second kappa shape index (κ2) is 4.66. The predicted molar refractivity (Wildman–Crippen MR) is 79.0 cm³/mol. The minimum absolute atomic E-state index is 0.195. The molecule has 4 aliphatic rings. The lowest BCUT2D eigenvalue weighted by Gasteiger charge is -2.53. The summed E-state index contributed by atoms with van der Waals surface area (Å²) in [5.41, 5.74) is 0.677. The fraction of sp³-hybridized carbons (Fsp3) is 0.588. The number of Topliss-reactive ketones (excluding diaryl/α,β-unsaturated/α-hetero) is 1. The predicted octanol–water partition coefficient (Wildman–Crippen LogP) is 4.84. The summed E-state index contributed by atoms with van der Waals surface area (Å²) in [6.07, 6.45) is 6.37. The fourth-order valence-corrected chi connectivity index (χ4v) is 5.57. The highest BCUT2D eigenvalue weighted by molar-refractivity contribution is 9.10. The molecule has 5 rings (SSSR count). The van der Waals surface area contributed by atoms with Crippen LogP contribution in [0.15, 0.2) is 22.7 Å². The molecule has 4 bridgehead atoms. The van der Waals surface area contributed by atoms with Crippen molar-refractivity contribution in [1.82, 2.24) is 0 Å². The Balaban J connectivity index is 1.63. The topological polar surface area (TPSA) is 17.1 Å². The first kappa shape index (κ1) is 13.0. The van der Waals surface area contributed by atoms with Crippen molar-refractivity contribution in [2.75, 3.05) is 0 Å². The fourth-order valence-electron chi connectivity index (χ4n) is 5.20. The molecule has 20 heavy (non-hydrogen) atoms. The maximum Gasteiger partial charge on any atom is 0.166 e. The molecule has 0 aromatic heterocycles. The summed E-state index contributed by atoms with van der Waals surface area (Å²) >= 11 is 3.19. The second-order valence-corrected chi connectivity index (χ2v) is 7.80. The summed E-state index contributed by atoms with van der Waals surface area (Å²) in [5, 5.41) is 0. The van der Waals surface area contributed by atoms with Gasteiger partial charge >= 0.3 is 0 Å². The van der Waals surface area contributed by atoms with Crippen LogP contribution in [0.2, 0.25) is 0 Å². The standard InChI is InChI=1S/C17H18BrFO/c18-14-8-11(1-2-15(14)19)17(20)16-12-4-9-3-10(6-12)7-13(16)5-9/h1-2,8-10,12-13,16H,3-7H2. The third-order valence-electron chi connectivity index (χ3n) is 5.73. The van der Waals surface area contributed by atoms with Crippen LogP contribution in [0.4, 0.5) is 4.39 Å². The van der Waals surface area contributed by atoms with Gasteiger partial charge in [-0.15, -0.1) is 0 Å². The van der Waals surface area contributed by atoms with Crippen LogP contribution in [-0.4, -0.2) is 5.78 Å². The molecule has 4 aliphatic carbocycles. The number of rotatable bonds is 2. The Morgan fingerprint density at radius 1 is 1.05 bits per heavy atom. The largest absolute Gasteiger partial charge is 0.294 e. The van der Waals surface area contributed by atoms with Gasteiger partial charge in [-0.25, -0.2) is 4.39 Å². The Labute approximate surface area is 127 Å². The van der Waals surface area contributed by atoms with E-state index in [-0.39, 0.29) is 17.5 Å². The molecule has 4 fully saturated rings. The summed E-state index contributed by atoms with van der Waals surface area (Å²) in [6.45, 7) is 0. The quantitative estimate of drug-likeness (QED) is 0.706. The summed E-state index contributed by atoms with van der Waals surface area (Å²) < 4.78 is 13.7. The molecule has 0 saturated heterocycles. The molecule has 1 aromatic rings. The van der Waals surface area contributed by atoms with Crippen LogP contribution in [-0.2, 0) is 0 Å². The highest BCUT2D eigenvalue weighted by Gasteiger charge is 2.50. The summed E-state index contributed by atoms with van der Waals surface area (Å²) in [7, 11) is 0. The molecule has 1 aromatic carbocycles. The second-order valence-electron chi connectivity index (χ2n) is 6.95. The highest BCUT2D eigenvalue weighted by atomic mass is 79.9. The van der Waals surface area contributed by atoms with E-state index in [2.05, 4.69) is 15.9 Å². The zero-order chi connectivity index (χ0) is 13.9. The maximum absolute atomic E-state index is 13.3. The minimum atomic E-state index is -0.299. The molecule has 0 heterocycles. The van der Waals surface area contributed by atoms with Crippen molar-refractivity contribution >= 4 is 21.7 Å². The lowest BCUT2D eigenvalue weighted by atomic mass is 9.51. The average molecular weight is 337 g/mol. The lowest BCUT2D eigenvalue weighted by molar-refractivity contribution is -0.0251. The van der Waals surface area contributed by atoms with Crippen LogP contribution in [0.1, 0.15) is 42.5 Å². The van der Waals surface area contributed by atoms with E-state index < -0.39 is 0 Å². The first-order valence-corrected chi connectivity index (χ1v) is 8.40. The molecule has 0 radical (unpaired) electrons. The van der Waals surface area contributed by atoms with E-state index in [1.165, 1.54) is 38.2 Å². The molecular formula is C17H18BrFO. The van der Waals surface area contributed by atoms with E-state index in [0.717, 1.165) is 11.8 Å². The Morgan fingerprint density at radius 2 is 1.65 bits per heavy atom. The van der Waals surface area contributed by atoms with Crippen LogP contribution in [0, 0.1) is 35.4 Å². The van der Waals surface area contributed by atoms with Crippen molar-refractivity contribution in [3.05, 3.63) is 34.1 Å². The van der Waals surface area contributed by atoms with Gasteiger partial charge in [0.2, 0.25) is 0 Å². The van der Waals surface area contributed by atoms with E-state index in [1.54, 1.807) is 12.1 Å². The van der Waals surface area contributed by atoms with Crippen LogP contribution in [0.5, 0.6) is 0 Å². The summed E-state index contributed by atoms with van der Waals surface area (Å²) in [4.78, 5) is 12.9. The van der Waals surface area contributed by atoms with E-state index in [9.17, 15) is 9.18 Å². The van der Waals surface area contributed by atoms with Gasteiger partial charge in [0.15, 0.2) is 5.78 Å². The van der Waals surface area contributed by atoms with Crippen molar-refractivity contribution in [3.8, 4) is 0 Å². The SMILES string of the molecule is O=C(c1ccc(F)c(Br)c1)C1C2CC3CC(C2)CC1C3. The van der Waals surface area contributed by atoms with Gasteiger partial charge in [-0.1, -0.05) is 0 Å². The first-order chi connectivity index (χ1) is 9.61. The number of carbonyl (C=O) groups is 1. The van der Waals surface area contributed by atoms with Gasteiger partial charge in [0, 0.05) is 11.5 Å². The van der Waals surface area contributed by atoms with Crippen LogP contribution in [0.3, 0.4) is 0 Å². The van der Waals surface area contributed by atoms with Crippen molar-refractivity contribution in [1.29, 1.82) is 0 Å².